The van der Waals surface area contributed by atoms with E-state index >= 15 is 0 Å². The van der Waals surface area contributed by atoms with Crippen LogP contribution in [0.15, 0.2) is 91.0 Å². The van der Waals surface area contributed by atoms with Gasteiger partial charge in [-0.3, -0.25) is 4.90 Å². The number of hydrogen-bond donors (Lipinski definition) is 0. The highest BCUT2D eigenvalue weighted by molar-refractivity contribution is 5.35. The maximum atomic E-state index is 14.2. The third-order valence-electron chi connectivity index (χ3n) is 5.68. The van der Waals surface area contributed by atoms with E-state index in [1.165, 1.54) is 0 Å². The van der Waals surface area contributed by atoms with E-state index < -0.39 is 17.8 Å². The minimum atomic E-state index is -4.49. The Balaban J connectivity index is 1.70. The topological polar surface area (TPSA) is 12.5 Å². The summed E-state index contributed by atoms with van der Waals surface area (Å²) in [5, 5.41) is 0. The molecule has 0 aromatic heterocycles. The molecule has 0 amide bonds. The fourth-order valence-electron chi connectivity index (χ4n) is 4.06. The van der Waals surface area contributed by atoms with Crippen LogP contribution < -0.4 is 4.74 Å². The number of nitrogens with zero attached hydrogens (tertiary/aromatic N) is 1. The molecular formula is C24H22F3NO. The smallest absolute Gasteiger partial charge is 0.431 e. The summed E-state index contributed by atoms with van der Waals surface area (Å²) in [6.07, 6.45) is -4.49. The Morgan fingerprint density at radius 2 is 1.28 bits per heavy atom. The van der Waals surface area contributed by atoms with Gasteiger partial charge in [-0.25, -0.2) is 0 Å². The molecule has 29 heavy (non-hydrogen) atoms. The number of benzene rings is 3. The molecule has 0 saturated carbocycles. The maximum Gasteiger partial charge on any atom is 0.431 e. The standard InChI is InChI=1S/C24H22F3NO/c1-18-23(24(25,26)27,29-21-15-9-4-10-16-21)17-28(18)22(19-11-5-2-6-12-19)20-13-7-3-8-14-20/h2-16,18,22H,17H2,1H3/t18-,23-/m1/s1. The third-order valence-corrected chi connectivity index (χ3v) is 5.68. The predicted molar refractivity (Wildman–Crippen MR) is 107 cm³/mol. The van der Waals surface area contributed by atoms with Gasteiger partial charge in [0.25, 0.3) is 0 Å². The lowest BCUT2D eigenvalue weighted by molar-refractivity contribution is -0.314. The summed E-state index contributed by atoms with van der Waals surface area (Å²) in [5.74, 6) is 0.229. The lowest BCUT2D eigenvalue weighted by Gasteiger charge is -2.58. The first-order valence-corrected chi connectivity index (χ1v) is 9.59. The van der Waals surface area contributed by atoms with Crippen molar-refractivity contribution in [2.45, 2.75) is 30.8 Å². The second-order valence-electron chi connectivity index (χ2n) is 7.37. The van der Waals surface area contributed by atoms with Gasteiger partial charge in [-0.2, -0.15) is 13.2 Å². The van der Waals surface area contributed by atoms with Crippen molar-refractivity contribution >= 4 is 0 Å². The molecule has 4 rings (SSSR count). The Morgan fingerprint density at radius 1 is 0.828 bits per heavy atom. The highest BCUT2D eigenvalue weighted by Crippen LogP contribution is 2.50. The molecule has 0 spiro atoms. The summed E-state index contributed by atoms with van der Waals surface area (Å²) in [7, 11) is 0. The molecule has 2 nitrogen and oxygen atoms in total. The van der Waals surface area contributed by atoms with Crippen molar-refractivity contribution in [3.63, 3.8) is 0 Å². The van der Waals surface area contributed by atoms with Gasteiger partial charge in [0.15, 0.2) is 0 Å². The van der Waals surface area contributed by atoms with Gasteiger partial charge in [0.05, 0.1) is 18.6 Å². The number of ether oxygens (including phenoxy) is 1. The number of halogens is 3. The van der Waals surface area contributed by atoms with Crippen molar-refractivity contribution in [1.29, 1.82) is 0 Å². The van der Waals surface area contributed by atoms with Gasteiger partial charge in [0.2, 0.25) is 5.60 Å². The van der Waals surface area contributed by atoms with Gasteiger partial charge in [-0.15, -0.1) is 0 Å². The lowest BCUT2D eigenvalue weighted by atomic mass is 9.79. The van der Waals surface area contributed by atoms with E-state index in [1.807, 2.05) is 65.6 Å². The number of hydrogen-bond acceptors (Lipinski definition) is 2. The molecule has 0 unspecified atom stereocenters. The van der Waals surface area contributed by atoms with Gasteiger partial charge >= 0.3 is 6.18 Å². The van der Waals surface area contributed by atoms with Crippen LogP contribution in [0.5, 0.6) is 5.75 Å². The zero-order valence-electron chi connectivity index (χ0n) is 16.0. The summed E-state index contributed by atoms with van der Waals surface area (Å²) in [6, 6.07) is 26.4. The van der Waals surface area contributed by atoms with Crippen molar-refractivity contribution in [3.05, 3.63) is 102 Å². The largest absolute Gasteiger partial charge is 0.475 e. The van der Waals surface area contributed by atoms with Gasteiger partial charge in [-0.05, 0) is 30.2 Å². The van der Waals surface area contributed by atoms with Crippen molar-refractivity contribution in [2.75, 3.05) is 6.54 Å². The summed E-state index contributed by atoms with van der Waals surface area (Å²) >= 11 is 0. The van der Waals surface area contributed by atoms with Crippen LogP contribution in [-0.2, 0) is 0 Å². The van der Waals surface area contributed by atoms with Gasteiger partial charge < -0.3 is 4.74 Å². The van der Waals surface area contributed by atoms with E-state index in [1.54, 1.807) is 37.3 Å². The van der Waals surface area contributed by atoms with Crippen molar-refractivity contribution in [1.82, 2.24) is 4.90 Å². The first-order valence-electron chi connectivity index (χ1n) is 9.59. The van der Waals surface area contributed by atoms with Gasteiger partial charge in [0.1, 0.15) is 5.75 Å². The van der Waals surface area contributed by atoms with Crippen LogP contribution in [-0.4, -0.2) is 29.3 Å². The van der Waals surface area contributed by atoms with Crippen molar-refractivity contribution < 1.29 is 17.9 Å². The van der Waals surface area contributed by atoms with Crippen LogP contribution in [0, 0.1) is 0 Å². The molecule has 1 aliphatic rings. The Labute approximate surface area is 168 Å². The van der Waals surface area contributed by atoms with Crippen LogP contribution in [0.2, 0.25) is 0 Å². The van der Waals surface area contributed by atoms with E-state index in [2.05, 4.69) is 0 Å². The molecule has 3 aromatic rings. The molecule has 1 fully saturated rings. The quantitative estimate of drug-likeness (QED) is 0.535. The minimum Gasteiger partial charge on any atom is -0.475 e. The van der Waals surface area contributed by atoms with Crippen LogP contribution >= 0.6 is 0 Å². The molecule has 0 aliphatic carbocycles. The number of likely N-dealkylation sites (tertiary alicyclic amines) is 1. The van der Waals surface area contributed by atoms with Gasteiger partial charge in [-0.1, -0.05) is 78.9 Å². The molecule has 150 valence electrons. The summed E-state index contributed by atoms with van der Waals surface area (Å²) in [6.45, 7) is 1.36. The molecule has 0 N–H and O–H groups in total. The monoisotopic (exact) mass is 397 g/mol. The number of alkyl halides is 3. The number of para-hydroxylation sites is 1. The molecule has 5 heteroatoms. The molecule has 1 aliphatic heterocycles. The first kappa shape index (κ1) is 19.5. The summed E-state index contributed by atoms with van der Waals surface area (Å²) in [5.41, 5.74) is -0.321. The van der Waals surface area contributed by atoms with Crippen LogP contribution in [0.4, 0.5) is 13.2 Å². The van der Waals surface area contributed by atoms with E-state index in [0.29, 0.717) is 0 Å². The van der Waals surface area contributed by atoms with Crippen LogP contribution in [0.1, 0.15) is 24.1 Å². The van der Waals surface area contributed by atoms with E-state index in [-0.39, 0.29) is 18.3 Å². The zero-order valence-corrected chi connectivity index (χ0v) is 16.0. The van der Waals surface area contributed by atoms with E-state index in [9.17, 15) is 13.2 Å². The Hall–Kier alpha value is -2.79. The second-order valence-corrected chi connectivity index (χ2v) is 7.37. The SMILES string of the molecule is C[C@H]1N(C(c2ccccc2)c2ccccc2)C[C@]1(Oc1ccccc1)C(F)(F)F. The molecule has 0 radical (unpaired) electrons. The van der Waals surface area contributed by atoms with Crippen molar-refractivity contribution in [2.24, 2.45) is 0 Å². The Morgan fingerprint density at radius 3 is 1.69 bits per heavy atom. The van der Waals surface area contributed by atoms with Crippen LogP contribution in [0.25, 0.3) is 0 Å². The molecule has 1 heterocycles. The average molecular weight is 397 g/mol. The normalized spacial score (nSPS) is 22.3. The highest BCUT2D eigenvalue weighted by Gasteiger charge is 2.70. The fourth-order valence-corrected chi connectivity index (χ4v) is 4.06. The van der Waals surface area contributed by atoms with E-state index in [4.69, 9.17) is 4.74 Å². The first-order chi connectivity index (χ1) is 13.9. The van der Waals surface area contributed by atoms with Crippen molar-refractivity contribution in [3.8, 4) is 5.75 Å². The zero-order chi connectivity index (χ0) is 20.5. The molecule has 0 bridgehead atoms. The summed E-state index contributed by atoms with van der Waals surface area (Å²) < 4.78 is 48.1. The average Bonchev–Trinajstić information content (AvgIpc) is 2.74. The predicted octanol–water partition coefficient (Wildman–Crippen LogP) is 5.86. The van der Waals surface area contributed by atoms with E-state index in [0.717, 1.165) is 11.1 Å². The summed E-state index contributed by atoms with van der Waals surface area (Å²) in [4.78, 5) is 1.86. The third kappa shape index (κ3) is 3.51. The lowest BCUT2D eigenvalue weighted by Crippen LogP contribution is -2.77. The molecule has 3 aromatic carbocycles. The minimum absolute atomic E-state index is 0.229. The van der Waals surface area contributed by atoms with Crippen LogP contribution in [0.3, 0.4) is 0 Å². The molecular weight excluding hydrogens is 375 g/mol. The molecule has 1 saturated heterocycles. The molecule has 2 atom stereocenters. The fraction of sp³-hybridized carbons (Fsp3) is 0.250. The number of rotatable bonds is 5. The highest BCUT2D eigenvalue weighted by atomic mass is 19.4. The maximum absolute atomic E-state index is 14.2. The Bertz CT molecular complexity index is 891. The Kier molecular flexibility index (Phi) is 5.09. The second kappa shape index (κ2) is 7.56. The van der Waals surface area contributed by atoms with Gasteiger partial charge in [0, 0.05) is 0 Å².